The zero-order valence-electron chi connectivity index (χ0n) is 26.8. The SMILES string of the molecule is C=CCc1cc(C)c(NC(=O)Nc2cc(-c3ccc(OC)cc3)ccc2C(=O)N[C@H](C(=O)OC)C(C)OC(C)(C)C)c(C)c1. The molecule has 2 atom stereocenters. The maximum atomic E-state index is 13.7. The van der Waals surface area contributed by atoms with Crippen LogP contribution in [0.4, 0.5) is 16.2 Å². The molecule has 0 bridgehead atoms. The van der Waals surface area contributed by atoms with E-state index in [2.05, 4.69) is 22.5 Å². The van der Waals surface area contributed by atoms with E-state index >= 15 is 0 Å². The van der Waals surface area contributed by atoms with Gasteiger partial charge >= 0.3 is 12.0 Å². The predicted octanol–water partition coefficient (Wildman–Crippen LogP) is 6.83. The molecular weight excluding hydrogens is 558 g/mol. The summed E-state index contributed by atoms with van der Waals surface area (Å²) in [5, 5.41) is 8.53. The van der Waals surface area contributed by atoms with Crippen LogP contribution in [0.1, 0.15) is 54.7 Å². The van der Waals surface area contributed by atoms with Gasteiger partial charge in [-0.2, -0.15) is 0 Å². The maximum Gasteiger partial charge on any atom is 0.331 e. The molecule has 0 fully saturated rings. The zero-order chi connectivity index (χ0) is 32.6. The molecule has 0 radical (unpaired) electrons. The Balaban J connectivity index is 1.98. The minimum atomic E-state index is -1.09. The Morgan fingerprint density at radius 2 is 1.52 bits per heavy atom. The van der Waals surface area contributed by atoms with Crippen LogP contribution in [0.2, 0.25) is 0 Å². The molecule has 0 heterocycles. The third-order valence-electron chi connectivity index (χ3n) is 6.90. The molecule has 0 aliphatic heterocycles. The molecule has 3 aromatic rings. The minimum Gasteiger partial charge on any atom is -0.497 e. The lowest BCUT2D eigenvalue weighted by atomic mass is 10.0. The molecule has 3 amide bonds. The number of rotatable bonds is 11. The number of carbonyl (C=O) groups excluding carboxylic acids is 3. The first kappa shape index (κ1) is 33.9. The van der Waals surface area contributed by atoms with Crippen LogP contribution in [-0.4, -0.2) is 49.9 Å². The van der Waals surface area contributed by atoms with Gasteiger partial charge in [0, 0.05) is 5.69 Å². The van der Waals surface area contributed by atoms with Gasteiger partial charge in [0.05, 0.1) is 37.2 Å². The third kappa shape index (κ3) is 8.94. The normalized spacial score (nSPS) is 12.5. The number of hydrogen-bond acceptors (Lipinski definition) is 6. The van der Waals surface area contributed by atoms with Gasteiger partial charge in [0.1, 0.15) is 5.75 Å². The lowest BCUT2D eigenvalue weighted by Gasteiger charge is -2.30. The monoisotopic (exact) mass is 601 g/mol. The van der Waals surface area contributed by atoms with Crippen LogP contribution in [-0.2, 0) is 20.7 Å². The largest absolute Gasteiger partial charge is 0.497 e. The lowest BCUT2D eigenvalue weighted by Crippen LogP contribution is -2.51. The molecule has 234 valence electrons. The Bertz CT molecular complexity index is 1480. The average Bonchev–Trinajstić information content (AvgIpc) is 2.96. The van der Waals surface area contributed by atoms with E-state index in [-0.39, 0.29) is 11.3 Å². The van der Waals surface area contributed by atoms with Crippen LogP contribution in [0.3, 0.4) is 0 Å². The number of amides is 3. The summed E-state index contributed by atoms with van der Waals surface area (Å²) in [5.74, 6) is -0.529. The number of anilines is 2. The number of benzene rings is 3. The fourth-order valence-electron chi connectivity index (χ4n) is 4.95. The van der Waals surface area contributed by atoms with Crippen LogP contribution in [0, 0.1) is 13.8 Å². The van der Waals surface area contributed by atoms with Gasteiger partial charge in [-0.05, 0) is 100 Å². The van der Waals surface area contributed by atoms with Gasteiger partial charge in [-0.3, -0.25) is 4.79 Å². The standard InChI is InChI=1S/C35H43N3O6/c1-10-11-24-18-21(2)30(22(3)19-24)38-34(41)36-29-20-26(25-12-15-27(42-8)16-13-25)14-17-28(29)32(39)37-31(33(40)43-9)23(4)44-35(5,6)7/h10,12-20,23,31H,1,11H2,2-9H3,(H,37,39)(H2,36,38,41)/t23?,31-/m0/s1. The number of urea groups is 1. The Labute approximate surface area is 260 Å². The second-order valence-electron chi connectivity index (χ2n) is 11.6. The van der Waals surface area contributed by atoms with E-state index in [0.717, 1.165) is 34.2 Å². The van der Waals surface area contributed by atoms with Crippen molar-refractivity contribution in [2.75, 3.05) is 24.9 Å². The number of hydrogen-bond donors (Lipinski definition) is 3. The smallest absolute Gasteiger partial charge is 0.331 e. The molecule has 9 heteroatoms. The summed E-state index contributed by atoms with van der Waals surface area (Å²) in [6.07, 6.45) is 1.85. The lowest BCUT2D eigenvalue weighted by molar-refractivity contribution is -0.150. The first-order chi connectivity index (χ1) is 20.8. The van der Waals surface area contributed by atoms with Crippen LogP contribution in [0.25, 0.3) is 11.1 Å². The van der Waals surface area contributed by atoms with Crippen molar-refractivity contribution in [3.8, 4) is 16.9 Å². The van der Waals surface area contributed by atoms with Crippen molar-refractivity contribution in [2.45, 2.75) is 65.7 Å². The molecule has 0 spiro atoms. The van der Waals surface area contributed by atoms with Crippen molar-refractivity contribution in [3.63, 3.8) is 0 Å². The highest BCUT2D eigenvalue weighted by atomic mass is 16.5. The highest BCUT2D eigenvalue weighted by molar-refractivity contribution is 6.08. The summed E-state index contributed by atoms with van der Waals surface area (Å²) in [6.45, 7) is 14.9. The van der Waals surface area contributed by atoms with Gasteiger partial charge < -0.3 is 30.2 Å². The van der Waals surface area contributed by atoms with Gasteiger partial charge in [-0.15, -0.1) is 6.58 Å². The second-order valence-corrected chi connectivity index (χ2v) is 11.6. The number of nitrogens with one attached hydrogen (secondary N) is 3. The fourth-order valence-corrected chi connectivity index (χ4v) is 4.95. The zero-order valence-corrected chi connectivity index (χ0v) is 26.8. The molecule has 3 aromatic carbocycles. The number of esters is 1. The van der Waals surface area contributed by atoms with Crippen molar-refractivity contribution in [1.82, 2.24) is 5.32 Å². The van der Waals surface area contributed by atoms with E-state index in [0.29, 0.717) is 11.4 Å². The first-order valence-corrected chi connectivity index (χ1v) is 14.4. The predicted molar refractivity (Wildman–Crippen MR) is 174 cm³/mol. The van der Waals surface area contributed by atoms with E-state index in [1.54, 1.807) is 32.2 Å². The molecule has 0 aliphatic carbocycles. The van der Waals surface area contributed by atoms with Crippen molar-refractivity contribution in [3.05, 3.63) is 89.5 Å². The fraction of sp³-hybridized carbons (Fsp3) is 0.343. The number of ether oxygens (including phenoxy) is 3. The Morgan fingerprint density at radius 1 is 0.909 bits per heavy atom. The van der Waals surface area contributed by atoms with Gasteiger partial charge in [0.2, 0.25) is 0 Å². The van der Waals surface area contributed by atoms with E-state index in [4.69, 9.17) is 14.2 Å². The number of methoxy groups -OCH3 is 2. The highest BCUT2D eigenvalue weighted by Crippen LogP contribution is 2.29. The highest BCUT2D eigenvalue weighted by Gasteiger charge is 2.32. The molecule has 9 nitrogen and oxygen atoms in total. The Morgan fingerprint density at radius 3 is 2.07 bits per heavy atom. The summed E-state index contributed by atoms with van der Waals surface area (Å²) in [7, 11) is 2.84. The van der Waals surface area contributed by atoms with E-state index in [9.17, 15) is 14.4 Å². The minimum absolute atomic E-state index is 0.157. The molecule has 1 unspecified atom stereocenters. The summed E-state index contributed by atoms with van der Waals surface area (Å²) >= 11 is 0. The van der Waals surface area contributed by atoms with Crippen molar-refractivity contribution in [2.24, 2.45) is 0 Å². The van der Waals surface area contributed by atoms with Crippen LogP contribution < -0.4 is 20.7 Å². The molecule has 44 heavy (non-hydrogen) atoms. The van der Waals surface area contributed by atoms with Crippen molar-refractivity contribution >= 4 is 29.3 Å². The molecule has 0 aliphatic rings. The summed E-state index contributed by atoms with van der Waals surface area (Å²) in [6, 6.07) is 14.9. The number of carbonyl (C=O) groups is 3. The second kappa shape index (κ2) is 14.7. The first-order valence-electron chi connectivity index (χ1n) is 14.4. The molecule has 0 saturated carbocycles. The molecule has 3 N–H and O–H groups in total. The van der Waals surface area contributed by atoms with Gasteiger partial charge in [0.25, 0.3) is 5.91 Å². The van der Waals surface area contributed by atoms with Crippen molar-refractivity contribution in [1.29, 1.82) is 0 Å². The van der Waals surface area contributed by atoms with E-state index < -0.39 is 35.7 Å². The van der Waals surface area contributed by atoms with Crippen LogP contribution in [0.5, 0.6) is 5.75 Å². The quantitative estimate of drug-likeness (QED) is 0.164. The molecule has 0 aromatic heterocycles. The summed E-state index contributed by atoms with van der Waals surface area (Å²) in [4.78, 5) is 39.7. The number of aryl methyl sites for hydroxylation is 2. The topological polar surface area (TPSA) is 115 Å². The number of allylic oxidation sites excluding steroid dienone is 1. The average molecular weight is 602 g/mol. The Hall–Kier alpha value is -4.63. The van der Waals surface area contributed by atoms with Crippen molar-refractivity contribution < 1.29 is 28.6 Å². The van der Waals surface area contributed by atoms with Crippen LogP contribution in [0.15, 0.2) is 67.3 Å². The van der Waals surface area contributed by atoms with Gasteiger partial charge in [0.15, 0.2) is 6.04 Å². The third-order valence-corrected chi connectivity index (χ3v) is 6.90. The molecule has 3 rings (SSSR count). The van der Waals surface area contributed by atoms with E-state index in [1.165, 1.54) is 7.11 Å². The summed E-state index contributed by atoms with van der Waals surface area (Å²) < 4.78 is 16.2. The Kier molecular flexibility index (Phi) is 11.3. The molecule has 0 saturated heterocycles. The maximum absolute atomic E-state index is 13.7. The van der Waals surface area contributed by atoms with Gasteiger partial charge in [-0.25, -0.2) is 9.59 Å². The van der Waals surface area contributed by atoms with E-state index in [1.807, 2.05) is 77.1 Å². The summed E-state index contributed by atoms with van der Waals surface area (Å²) in [5.41, 5.74) is 5.01. The van der Waals surface area contributed by atoms with Crippen LogP contribution >= 0.6 is 0 Å². The van der Waals surface area contributed by atoms with Gasteiger partial charge in [-0.1, -0.05) is 36.4 Å². The molecular formula is C35H43N3O6.